The number of amides is 1. The van der Waals surface area contributed by atoms with Crippen LogP contribution in [0, 0.1) is 0 Å². The molecule has 0 aliphatic heterocycles. The Balaban J connectivity index is 2.17. The van der Waals surface area contributed by atoms with E-state index >= 15 is 0 Å². The summed E-state index contributed by atoms with van der Waals surface area (Å²) in [5.74, 6) is -1.73. The molecule has 0 unspecified atom stereocenters. The van der Waals surface area contributed by atoms with E-state index in [0.29, 0.717) is 16.6 Å². The van der Waals surface area contributed by atoms with Gasteiger partial charge in [0.1, 0.15) is 0 Å². The number of carbonyl (C=O) groups is 2. The topological polar surface area (TPSA) is 137 Å². The minimum absolute atomic E-state index is 0.0755. The van der Waals surface area contributed by atoms with Gasteiger partial charge in [0.15, 0.2) is 0 Å². The van der Waals surface area contributed by atoms with Crippen LogP contribution in [-0.4, -0.2) is 31.6 Å². The van der Waals surface area contributed by atoms with Gasteiger partial charge >= 0.3 is 5.97 Å². The number of fused-ring (bicyclic) bond motifs is 1. The molecule has 0 spiro atoms. The molecule has 0 bridgehead atoms. The number of hydrogen-bond acceptors (Lipinski definition) is 5. The molecule has 0 aliphatic carbocycles. The average molecular weight is 297 g/mol. The van der Waals surface area contributed by atoms with E-state index < -0.39 is 11.9 Å². The van der Waals surface area contributed by atoms with E-state index in [-0.39, 0.29) is 16.8 Å². The summed E-state index contributed by atoms with van der Waals surface area (Å²) in [6.45, 7) is 0. The highest BCUT2D eigenvalue weighted by atomic mass is 16.4. The van der Waals surface area contributed by atoms with Crippen LogP contribution in [0.2, 0.25) is 0 Å². The Morgan fingerprint density at radius 2 is 1.91 bits per heavy atom. The first kappa shape index (κ1) is 13.6. The maximum atomic E-state index is 11.3. The maximum absolute atomic E-state index is 11.3. The van der Waals surface area contributed by atoms with Gasteiger partial charge in [-0.05, 0) is 12.1 Å². The van der Waals surface area contributed by atoms with Crippen molar-refractivity contribution in [2.75, 3.05) is 5.73 Å². The van der Waals surface area contributed by atoms with E-state index in [1.165, 1.54) is 29.2 Å². The third-order valence-electron chi connectivity index (χ3n) is 3.26. The van der Waals surface area contributed by atoms with Crippen molar-refractivity contribution in [2.24, 2.45) is 5.73 Å². The van der Waals surface area contributed by atoms with Crippen molar-refractivity contribution in [3.05, 3.63) is 48.0 Å². The number of anilines is 1. The Morgan fingerprint density at radius 3 is 2.59 bits per heavy atom. The standard InChI is InChI=1S/C14H11N5O3/c15-12-10(13(16)20)5-18-19-6-9(2-11(12)19)7-1-8(14(21)22)4-17-3-7/h1-6H,15H2,(H2,16,20)(H,21,22). The lowest BCUT2D eigenvalue weighted by Gasteiger charge is -2.02. The summed E-state index contributed by atoms with van der Waals surface area (Å²) in [5, 5.41) is 13.1. The van der Waals surface area contributed by atoms with E-state index in [9.17, 15) is 9.59 Å². The summed E-state index contributed by atoms with van der Waals surface area (Å²) in [5.41, 5.74) is 13.4. The fraction of sp³-hybridized carbons (Fsp3) is 0. The van der Waals surface area contributed by atoms with E-state index in [4.69, 9.17) is 16.6 Å². The van der Waals surface area contributed by atoms with Crippen molar-refractivity contribution >= 4 is 23.1 Å². The lowest BCUT2D eigenvalue weighted by atomic mass is 10.1. The van der Waals surface area contributed by atoms with Gasteiger partial charge in [0, 0.05) is 29.7 Å². The lowest BCUT2D eigenvalue weighted by Crippen LogP contribution is -2.15. The number of primary amides is 1. The highest BCUT2D eigenvalue weighted by Gasteiger charge is 2.13. The highest BCUT2D eigenvalue weighted by Crippen LogP contribution is 2.26. The first-order valence-corrected chi connectivity index (χ1v) is 6.23. The van der Waals surface area contributed by atoms with Gasteiger partial charge in [0.2, 0.25) is 0 Å². The molecule has 0 radical (unpaired) electrons. The van der Waals surface area contributed by atoms with Crippen LogP contribution in [-0.2, 0) is 0 Å². The first-order valence-electron chi connectivity index (χ1n) is 6.23. The van der Waals surface area contributed by atoms with Gasteiger partial charge in [0.05, 0.1) is 28.5 Å². The van der Waals surface area contributed by atoms with Gasteiger partial charge in [-0.25, -0.2) is 9.31 Å². The van der Waals surface area contributed by atoms with E-state index in [1.807, 2.05) is 0 Å². The Morgan fingerprint density at radius 1 is 1.14 bits per heavy atom. The Hall–Kier alpha value is -3.42. The third-order valence-corrected chi connectivity index (χ3v) is 3.26. The quantitative estimate of drug-likeness (QED) is 0.653. The van der Waals surface area contributed by atoms with E-state index in [2.05, 4.69) is 10.1 Å². The molecule has 8 heteroatoms. The van der Waals surface area contributed by atoms with Gasteiger partial charge in [-0.15, -0.1) is 0 Å². The lowest BCUT2D eigenvalue weighted by molar-refractivity contribution is 0.0696. The van der Waals surface area contributed by atoms with Gasteiger partial charge < -0.3 is 16.6 Å². The molecule has 0 aliphatic rings. The van der Waals surface area contributed by atoms with Crippen LogP contribution >= 0.6 is 0 Å². The number of nitrogens with two attached hydrogens (primary N) is 2. The molecule has 1 amide bonds. The molecule has 0 saturated carbocycles. The SMILES string of the molecule is NC(=O)c1cnn2cc(-c3cncc(C(=O)O)c3)cc2c1N. The average Bonchev–Trinajstić information content (AvgIpc) is 2.92. The highest BCUT2D eigenvalue weighted by molar-refractivity contribution is 6.01. The molecule has 0 atom stereocenters. The molecule has 0 aromatic carbocycles. The number of carbonyl (C=O) groups excluding carboxylic acids is 1. The van der Waals surface area contributed by atoms with Crippen LogP contribution in [0.4, 0.5) is 5.69 Å². The number of carboxylic acids is 1. The van der Waals surface area contributed by atoms with Crippen molar-refractivity contribution < 1.29 is 14.7 Å². The summed E-state index contributed by atoms with van der Waals surface area (Å²) in [7, 11) is 0. The Bertz CT molecular complexity index is 916. The molecular weight excluding hydrogens is 286 g/mol. The zero-order chi connectivity index (χ0) is 15.9. The minimum atomic E-state index is -1.06. The zero-order valence-corrected chi connectivity index (χ0v) is 11.2. The molecule has 0 fully saturated rings. The third kappa shape index (κ3) is 2.12. The maximum Gasteiger partial charge on any atom is 0.337 e. The van der Waals surface area contributed by atoms with E-state index in [1.54, 1.807) is 12.3 Å². The summed E-state index contributed by atoms with van der Waals surface area (Å²) in [6, 6.07) is 3.19. The molecule has 22 heavy (non-hydrogen) atoms. The summed E-state index contributed by atoms with van der Waals surface area (Å²) in [6.07, 6.45) is 5.76. The molecule has 3 rings (SSSR count). The predicted molar refractivity (Wildman–Crippen MR) is 78.3 cm³/mol. The van der Waals surface area contributed by atoms with Crippen LogP contribution in [0.1, 0.15) is 20.7 Å². The monoisotopic (exact) mass is 297 g/mol. The number of carboxylic acid groups (broad SMARTS) is 1. The molecule has 110 valence electrons. The number of nitrogen functional groups attached to an aromatic ring is 1. The minimum Gasteiger partial charge on any atom is -0.478 e. The van der Waals surface area contributed by atoms with Gasteiger partial charge in [0.25, 0.3) is 5.91 Å². The number of hydrogen-bond donors (Lipinski definition) is 3. The van der Waals surface area contributed by atoms with Crippen LogP contribution in [0.25, 0.3) is 16.6 Å². The molecule has 5 N–H and O–H groups in total. The summed E-state index contributed by atoms with van der Waals surface area (Å²) < 4.78 is 1.49. The largest absolute Gasteiger partial charge is 0.478 e. The normalized spacial score (nSPS) is 10.7. The van der Waals surface area contributed by atoms with Crippen LogP contribution in [0.3, 0.4) is 0 Å². The van der Waals surface area contributed by atoms with Gasteiger partial charge in [-0.3, -0.25) is 9.78 Å². The van der Waals surface area contributed by atoms with Crippen LogP contribution < -0.4 is 11.5 Å². The predicted octanol–water partition coefficient (Wildman–Crippen LogP) is 0.776. The zero-order valence-electron chi connectivity index (χ0n) is 11.2. The smallest absolute Gasteiger partial charge is 0.337 e. The second-order valence-electron chi connectivity index (χ2n) is 4.66. The molecule has 3 aromatic rings. The van der Waals surface area contributed by atoms with Gasteiger partial charge in [-0.1, -0.05) is 0 Å². The van der Waals surface area contributed by atoms with Gasteiger partial charge in [-0.2, -0.15) is 5.10 Å². The fourth-order valence-corrected chi connectivity index (χ4v) is 2.15. The first-order chi connectivity index (χ1) is 10.5. The Kier molecular flexibility index (Phi) is 2.99. The van der Waals surface area contributed by atoms with Crippen molar-refractivity contribution in [1.82, 2.24) is 14.6 Å². The number of aromatic carboxylic acids is 1. The second kappa shape index (κ2) is 4.85. The van der Waals surface area contributed by atoms with Crippen molar-refractivity contribution in [1.29, 1.82) is 0 Å². The van der Waals surface area contributed by atoms with Crippen LogP contribution in [0.15, 0.2) is 36.9 Å². The summed E-state index contributed by atoms with van der Waals surface area (Å²) >= 11 is 0. The fourth-order valence-electron chi connectivity index (χ4n) is 2.15. The number of nitrogens with zero attached hydrogens (tertiary/aromatic N) is 3. The van der Waals surface area contributed by atoms with Crippen molar-refractivity contribution in [2.45, 2.75) is 0 Å². The number of aromatic nitrogens is 3. The van der Waals surface area contributed by atoms with E-state index in [0.717, 1.165) is 0 Å². The summed E-state index contributed by atoms with van der Waals surface area (Å²) in [4.78, 5) is 26.2. The second-order valence-corrected chi connectivity index (χ2v) is 4.66. The van der Waals surface area contributed by atoms with Crippen molar-refractivity contribution in [3.8, 4) is 11.1 Å². The Labute approximate surface area is 124 Å². The number of rotatable bonds is 3. The van der Waals surface area contributed by atoms with Crippen LogP contribution in [0.5, 0.6) is 0 Å². The molecular formula is C14H11N5O3. The molecule has 3 aromatic heterocycles. The molecule has 8 nitrogen and oxygen atoms in total. The van der Waals surface area contributed by atoms with Crippen molar-refractivity contribution in [3.63, 3.8) is 0 Å². The molecule has 0 saturated heterocycles. The number of pyridine rings is 1. The molecule has 3 heterocycles.